The Labute approximate surface area is 105 Å². The van der Waals surface area contributed by atoms with E-state index in [0.717, 1.165) is 0 Å². The van der Waals surface area contributed by atoms with Gasteiger partial charge >= 0.3 is 0 Å². The average Bonchev–Trinajstić information content (AvgIpc) is 2.28. The van der Waals surface area contributed by atoms with E-state index in [0.29, 0.717) is 0 Å². The summed E-state index contributed by atoms with van der Waals surface area (Å²) in [7, 11) is -3.75. The molecule has 1 rings (SSSR count). The van der Waals surface area contributed by atoms with Crippen LogP contribution in [0.3, 0.4) is 0 Å². The Kier molecular flexibility index (Phi) is 4.48. The van der Waals surface area contributed by atoms with Gasteiger partial charge in [-0.1, -0.05) is 11.6 Å². The van der Waals surface area contributed by atoms with Crippen molar-refractivity contribution in [3.8, 4) is 6.07 Å². The molecule has 5 nitrogen and oxygen atoms in total. The monoisotopic (exact) mass is 273 g/mol. The molecule has 0 amide bonds. The Morgan fingerprint density at radius 1 is 1.59 bits per heavy atom. The molecule has 1 atom stereocenters. The molecule has 0 saturated heterocycles. The third kappa shape index (κ3) is 3.41. The Bertz CT molecular complexity index is 551. The first-order valence-corrected chi connectivity index (χ1v) is 6.69. The number of rotatable bonds is 4. The molecule has 1 aromatic rings. The van der Waals surface area contributed by atoms with Crippen molar-refractivity contribution in [2.75, 3.05) is 6.54 Å². The van der Waals surface area contributed by atoms with Crippen LogP contribution in [0, 0.1) is 11.3 Å². The number of benzene rings is 1. The van der Waals surface area contributed by atoms with Crippen LogP contribution in [-0.4, -0.2) is 21.0 Å². The van der Waals surface area contributed by atoms with E-state index in [9.17, 15) is 8.42 Å². The summed E-state index contributed by atoms with van der Waals surface area (Å²) in [6.07, 6.45) is 0. The predicted octanol–water partition coefficient (Wildman–Crippen LogP) is 0.837. The van der Waals surface area contributed by atoms with Gasteiger partial charge in [-0.05, 0) is 25.1 Å². The molecule has 0 aromatic heterocycles. The van der Waals surface area contributed by atoms with Gasteiger partial charge in [-0.3, -0.25) is 0 Å². The second kappa shape index (κ2) is 5.47. The van der Waals surface area contributed by atoms with Crippen molar-refractivity contribution in [1.29, 1.82) is 5.26 Å². The molecule has 92 valence electrons. The first kappa shape index (κ1) is 13.9. The molecule has 7 heteroatoms. The van der Waals surface area contributed by atoms with E-state index in [1.54, 1.807) is 6.92 Å². The second-order valence-corrected chi connectivity index (χ2v) is 5.60. The Morgan fingerprint density at radius 3 is 2.76 bits per heavy atom. The highest BCUT2D eigenvalue weighted by atomic mass is 35.5. The molecule has 0 aliphatic rings. The molecule has 17 heavy (non-hydrogen) atoms. The maximum atomic E-state index is 11.9. The van der Waals surface area contributed by atoms with Gasteiger partial charge in [0.1, 0.15) is 4.90 Å². The molecule has 0 saturated carbocycles. The number of halogens is 1. The fourth-order valence-corrected chi connectivity index (χ4v) is 2.94. The van der Waals surface area contributed by atoms with Gasteiger partial charge < -0.3 is 5.73 Å². The zero-order chi connectivity index (χ0) is 13.1. The van der Waals surface area contributed by atoms with Crippen LogP contribution in [0.1, 0.15) is 12.5 Å². The van der Waals surface area contributed by atoms with Crippen molar-refractivity contribution in [3.05, 3.63) is 28.8 Å². The van der Waals surface area contributed by atoms with Gasteiger partial charge in [-0.2, -0.15) is 5.26 Å². The number of nitrogens with one attached hydrogen (secondary N) is 1. The molecule has 0 aliphatic heterocycles. The minimum Gasteiger partial charge on any atom is -0.329 e. The normalized spacial score (nSPS) is 13.1. The van der Waals surface area contributed by atoms with Crippen LogP contribution >= 0.6 is 11.6 Å². The first-order valence-electron chi connectivity index (χ1n) is 4.82. The summed E-state index contributed by atoms with van der Waals surface area (Å²) in [6, 6.07) is 5.52. The van der Waals surface area contributed by atoms with E-state index in [2.05, 4.69) is 4.72 Å². The minimum atomic E-state index is -3.75. The standard InChI is InChI=1S/C10H12ClN3O2S/c1-7(5-12)14-17(15,16)10-4-8(6-13)2-3-9(10)11/h2-4,7,14H,5,12H2,1H3/t7-/m1/s1. The lowest BCUT2D eigenvalue weighted by atomic mass is 10.2. The molecule has 1 aromatic carbocycles. The Morgan fingerprint density at radius 2 is 2.24 bits per heavy atom. The lowest BCUT2D eigenvalue weighted by Crippen LogP contribution is -2.37. The molecule has 0 fully saturated rings. The van der Waals surface area contributed by atoms with Gasteiger partial charge in [0.15, 0.2) is 0 Å². The van der Waals surface area contributed by atoms with Crippen molar-refractivity contribution in [3.63, 3.8) is 0 Å². The largest absolute Gasteiger partial charge is 0.329 e. The van der Waals surface area contributed by atoms with Crippen LogP contribution in [0.5, 0.6) is 0 Å². The van der Waals surface area contributed by atoms with Crippen molar-refractivity contribution in [2.24, 2.45) is 5.73 Å². The quantitative estimate of drug-likeness (QED) is 0.849. The predicted molar refractivity (Wildman–Crippen MR) is 65.0 cm³/mol. The number of nitriles is 1. The summed E-state index contributed by atoms with van der Waals surface area (Å²) in [5.41, 5.74) is 5.57. The topological polar surface area (TPSA) is 96.0 Å². The molecule has 3 N–H and O–H groups in total. The van der Waals surface area contributed by atoms with Gasteiger partial charge in [-0.15, -0.1) is 0 Å². The maximum Gasteiger partial charge on any atom is 0.242 e. The molecular formula is C10H12ClN3O2S. The summed E-state index contributed by atoms with van der Waals surface area (Å²) in [5, 5.41) is 8.79. The van der Waals surface area contributed by atoms with Crippen LogP contribution < -0.4 is 10.5 Å². The fraction of sp³-hybridized carbons (Fsp3) is 0.300. The summed E-state index contributed by atoms with van der Waals surface area (Å²) in [5.74, 6) is 0. The number of sulfonamides is 1. The average molecular weight is 274 g/mol. The molecule has 0 radical (unpaired) electrons. The van der Waals surface area contributed by atoms with E-state index in [-0.39, 0.29) is 22.0 Å². The molecule has 0 spiro atoms. The van der Waals surface area contributed by atoms with E-state index in [1.165, 1.54) is 18.2 Å². The van der Waals surface area contributed by atoms with Crippen molar-refractivity contribution >= 4 is 21.6 Å². The second-order valence-electron chi connectivity index (χ2n) is 3.52. The van der Waals surface area contributed by atoms with Crippen molar-refractivity contribution < 1.29 is 8.42 Å². The number of hydrogen-bond donors (Lipinski definition) is 2. The van der Waals surface area contributed by atoms with Gasteiger partial charge in [0.05, 0.1) is 16.7 Å². The molecular weight excluding hydrogens is 262 g/mol. The van der Waals surface area contributed by atoms with Gasteiger partial charge in [0.2, 0.25) is 10.0 Å². The van der Waals surface area contributed by atoms with Gasteiger partial charge in [0.25, 0.3) is 0 Å². The van der Waals surface area contributed by atoms with Crippen LogP contribution in [0.2, 0.25) is 5.02 Å². The summed E-state index contributed by atoms with van der Waals surface area (Å²) < 4.78 is 26.2. The zero-order valence-corrected chi connectivity index (χ0v) is 10.7. The van der Waals surface area contributed by atoms with Crippen LogP contribution in [-0.2, 0) is 10.0 Å². The summed E-state index contributed by atoms with van der Waals surface area (Å²) in [4.78, 5) is -0.112. The van der Waals surface area contributed by atoms with Crippen molar-refractivity contribution in [1.82, 2.24) is 4.72 Å². The third-order valence-corrected chi connectivity index (χ3v) is 4.13. The number of nitrogens with zero attached hydrogens (tertiary/aromatic N) is 1. The number of nitrogens with two attached hydrogens (primary N) is 1. The van der Waals surface area contributed by atoms with Gasteiger partial charge in [0, 0.05) is 12.6 Å². The van der Waals surface area contributed by atoms with E-state index >= 15 is 0 Å². The highest BCUT2D eigenvalue weighted by Gasteiger charge is 2.20. The SMILES string of the molecule is C[C@H](CN)NS(=O)(=O)c1cc(C#N)ccc1Cl. The maximum absolute atomic E-state index is 11.9. The van der Waals surface area contributed by atoms with E-state index < -0.39 is 16.1 Å². The van der Waals surface area contributed by atoms with Crippen LogP contribution in [0.15, 0.2) is 23.1 Å². The smallest absolute Gasteiger partial charge is 0.242 e. The van der Waals surface area contributed by atoms with Crippen LogP contribution in [0.25, 0.3) is 0 Å². The van der Waals surface area contributed by atoms with Crippen LogP contribution in [0.4, 0.5) is 0 Å². The van der Waals surface area contributed by atoms with E-state index in [1.807, 2.05) is 6.07 Å². The van der Waals surface area contributed by atoms with E-state index in [4.69, 9.17) is 22.6 Å². The van der Waals surface area contributed by atoms with Gasteiger partial charge in [-0.25, -0.2) is 13.1 Å². The Hall–Kier alpha value is -1.13. The lowest BCUT2D eigenvalue weighted by molar-refractivity contribution is 0.562. The lowest BCUT2D eigenvalue weighted by Gasteiger charge is -2.13. The highest BCUT2D eigenvalue weighted by Crippen LogP contribution is 2.22. The molecule has 0 heterocycles. The van der Waals surface area contributed by atoms with Crippen molar-refractivity contribution in [2.45, 2.75) is 17.9 Å². The first-order chi connectivity index (χ1) is 7.90. The molecule has 0 bridgehead atoms. The highest BCUT2D eigenvalue weighted by molar-refractivity contribution is 7.89. The number of hydrogen-bond acceptors (Lipinski definition) is 4. The third-order valence-electron chi connectivity index (χ3n) is 2.06. The molecule has 0 unspecified atom stereocenters. The molecule has 0 aliphatic carbocycles. The summed E-state index contributed by atoms with van der Waals surface area (Å²) in [6.45, 7) is 1.81. The Balaban J connectivity index is 3.19. The zero-order valence-electron chi connectivity index (χ0n) is 9.14. The fourth-order valence-electron chi connectivity index (χ4n) is 1.16. The minimum absolute atomic E-state index is 0.0701. The summed E-state index contributed by atoms with van der Waals surface area (Å²) >= 11 is 5.80.